The lowest BCUT2D eigenvalue weighted by Crippen LogP contribution is -2.38. The van der Waals surface area contributed by atoms with Gasteiger partial charge in [0.2, 0.25) is 0 Å². The lowest BCUT2D eigenvalue weighted by Gasteiger charge is -2.35. The molecule has 0 aromatic carbocycles. The van der Waals surface area contributed by atoms with Gasteiger partial charge in [-0.2, -0.15) is 0 Å². The van der Waals surface area contributed by atoms with E-state index in [0.717, 1.165) is 30.1 Å². The van der Waals surface area contributed by atoms with Gasteiger partial charge in [0.15, 0.2) is 0 Å². The van der Waals surface area contributed by atoms with Crippen LogP contribution in [-0.2, 0) is 0 Å². The molecule has 1 nitrogen and oxygen atoms in total. The van der Waals surface area contributed by atoms with Crippen LogP contribution in [0.3, 0.4) is 0 Å². The van der Waals surface area contributed by atoms with Gasteiger partial charge < -0.3 is 5.11 Å². The second kappa shape index (κ2) is 3.04. The Morgan fingerprint density at radius 2 is 1.69 bits per heavy atom. The van der Waals surface area contributed by atoms with Gasteiger partial charge in [0, 0.05) is 0 Å². The summed E-state index contributed by atoms with van der Waals surface area (Å²) in [6.07, 6.45) is 4.89. The van der Waals surface area contributed by atoms with Crippen molar-refractivity contribution in [3.05, 3.63) is 0 Å². The SMILES string of the molecule is C[C@@H]1CC[C@H]2[C@@H]1[C@@H]1[C@@H](CC[C@@]2(C)O)C1(C)C. The lowest BCUT2D eigenvalue weighted by atomic mass is 9.74. The van der Waals surface area contributed by atoms with E-state index in [1.54, 1.807) is 0 Å². The molecule has 0 bridgehead atoms. The zero-order valence-electron chi connectivity index (χ0n) is 11.2. The largest absolute Gasteiger partial charge is 0.390 e. The Bertz CT molecular complexity index is 305. The molecule has 92 valence electrons. The molecular weight excluding hydrogens is 196 g/mol. The van der Waals surface area contributed by atoms with Crippen LogP contribution in [0.2, 0.25) is 0 Å². The van der Waals surface area contributed by atoms with E-state index in [1.807, 2.05) is 0 Å². The second-order valence-corrected chi connectivity index (χ2v) is 7.59. The number of hydrogen-bond acceptors (Lipinski definition) is 1. The summed E-state index contributed by atoms with van der Waals surface area (Å²) in [6, 6.07) is 0. The maximum atomic E-state index is 10.7. The summed E-state index contributed by atoms with van der Waals surface area (Å²) < 4.78 is 0. The monoisotopic (exact) mass is 222 g/mol. The van der Waals surface area contributed by atoms with Gasteiger partial charge in [-0.15, -0.1) is 0 Å². The molecule has 0 radical (unpaired) electrons. The van der Waals surface area contributed by atoms with Crippen molar-refractivity contribution in [2.24, 2.45) is 35.0 Å². The molecule has 6 atom stereocenters. The van der Waals surface area contributed by atoms with Gasteiger partial charge >= 0.3 is 0 Å². The lowest BCUT2D eigenvalue weighted by molar-refractivity contribution is -0.0302. The summed E-state index contributed by atoms with van der Waals surface area (Å²) in [5.41, 5.74) is 0.191. The average Bonchev–Trinajstić information content (AvgIpc) is 2.51. The van der Waals surface area contributed by atoms with Crippen molar-refractivity contribution in [3.63, 3.8) is 0 Å². The first-order valence-electron chi connectivity index (χ1n) is 7.08. The first-order chi connectivity index (χ1) is 7.36. The zero-order valence-corrected chi connectivity index (χ0v) is 11.2. The van der Waals surface area contributed by atoms with Crippen molar-refractivity contribution < 1.29 is 5.11 Å². The molecule has 3 fully saturated rings. The molecule has 0 saturated heterocycles. The molecule has 0 heterocycles. The third kappa shape index (κ3) is 1.27. The Hall–Kier alpha value is -0.0400. The number of hydrogen-bond donors (Lipinski definition) is 1. The van der Waals surface area contributed by atoms with Crippen molar-refractivity contribution in [2.75, 3.05) is 0 Å². The zero-order chi connectivity index (χ0) is 11.7. The normalized spacial score (nSPS) is 58.7. The molecule has 0 amide bonds. The van der Waals surface area contributed by atoms with Crippen LogP contribution in [0.1, 0.15) is 53.4 Å². The molecule has 16 heavy (non-hydrogen) atoms. The van der Waals surface area contributed by atoms with Gasteiger partial charge in [0.05, 0.1) is 5.60 Å². The van der Waals surface area contributed by atoms with E-state index in [1.165, 1.54) is 19.3 Å². The van der Waals surface area contributed by atoms with E-state index in [0.29, 0.717) is 11.3 Å². The Balaban J connectivity index is 1.94. The van der Waals surface area contributed by atoms with Gasteiger partial charge in [-0.25, -0.2) is 0 Å². The summed E-state index contributed by atoms with van der Waals surface area (Å²) in [7, 11) is 0. The van der Waals surface area contributed by atoms with Crippen molar-refractivity contribution >= 4 is 0 Å². The second-order valence-electron chi connectivity index (χ2n) is 7.59. The Morgan fingerprint density at radius 1 is 1.00 bits per heavy atom. The van der Waals surface area contributed by atoms with Crippen molar-refractivity contribution in [1.82, 2.24) is 0 Å². The van der Waals surface area contributed by atoms with Crippen LogP contribution in [0.15, 0.2) is 0 Å². The summed E-state index contributed by atoms with van der Waals surface area (Å²) in [5.74, 6) is 4.03. The maximum Gasteiger partial charge on any atom is 0.0650 e. The summed E-state index contributed by atoms with van der Waals surface area (Å²) in [5, 5.41) is 10.7. The molecule has 3 aliphatic carbocycles. The van der Waals surface area contributed by atoms with Gasteiger partial charge in [-0.05, 0) is 61.2 Å². The fourth-order valence-corrected chi connectivity index (χ4v) is 5.29. The minimum Gasteiger partial charge on any atom is -0.390 e. The maximum absolute atomic E-state index is 10.7. The molecule has 1 heteroatoms. The quantitative estimate of drug-likeness (QED) is 0.665. The summed E-state index contributed by atoms with van der Waals surface area (Å²) in [6.45, 7) is 9.41. The fraction of sp³-hybridized carbons (Fsp3) is 1.00. The molecule has 0 aromatic heterocycles. The molecular formula is C15H26O. The van der Waals surface area contributed by atoms with E-state index in [2.05, 4.69) is 27.7 Å². The van der Waals surface area contributed by atoms with Crippen LogP contribution >= 0.6 is 0 Å². The highest BCUT2D eigenvalue weighted by Crippen LogP contribution is 2.71. The average molecular weight is 222 g/mol. The highest BCUT2D eigenvalue weighted by Gasteiger charge is 2.66. The number of aliphatic hydroxyl groups is 1. The minimum absolute atomic E-state index is 0.376. The molecule has 0 spiro atoms. The highest BCUT2D eigenvalue weighted by atomic mass is 16.3. The number of fused-ring (bicyclic) bond motifs is 3. The molecule has 3 aliphatic rings. The molecule has 0 aromatic rings. The van der Waals surface area contributed by atoms with E-state index in [-0.39, 0.29) is 5.60 Å². The van der Waals surface area contributed by atoms with Gasteiger partial charge in [0.25, 0.3) is 0 Å². The fourth-order valence-electron chi connectivity index (χ4n) is 5.29. The van der Waals surface area contributed by atoms with Crippen LogP contribution in [0.25, 0.3) is 0 Å². The van der Waals surface area contributed by atoms with Crippen molar-refractivity contribution in [2.45, 2.75) is 59.0 Å². The smallest absolute Gasteiger partial charge is 0.0650 e. The van der Waals surface area contributed by atoms with Gasteiger partial charge in [0.1, 0.15) is 0 Å². The van der Waals surface area contributed by atoms with Crippen LogP contribution in [0.5, 0.6) is 0 Å². The van der Waals surface area contributed by atoms with Crippen LogP contribution in [0.4, 0.5) is 0 Å². The minimum atomic E-state index is -0.376. The third-order valence-electron chi connectivity index (χ3n) is 6.37. The number of rotatable bonds is 0. The van der Waals surface area contributed by atoms with Crippen LogP contribution in [-0.4, -0.2) is 10.7 Å². The Labute approximate surface area is 99.6 Å². The molecule has 1 N–H and O–H groups in total. The first-order valence-corrected chi connectivity index (χ1v) is 7.08. The molecule has 0 aliphatic heterocycles. The molecule has 3 saturated carbocycles. The van der Waals surface area contributed by atoms with Crippen molar-refractivity contribution in [1.29, 1.82) is 0 Å². The van der Waals surface area contributed by atoms with Crippen molar-refractivity contribution in [3.8, 4) is 0 Å². The van der Waals surface area contributed by atoms with Crippen LogP contribution < -0.4 is 0 Å². The Morgan fingerprint density at radius 3 is 2.38 bits per heavy atom. The molecule has 3 rings (SSSR count). The predicted octanol–water partition coefficient (Wildman–Crippen LogP) is 3.47. The topological polar surface area (TPSA) is 20.2 Å². The third-order valence-corrected chi connectivity index (χ3v) is 6.37. The Kier molecular flexibility index (Phi) is 2.11. The summed E-state index contributed by atoms with van der Waals surface area (Å²) in [4.78, 5) is 0. The highest BCUT2D eigenvalue weighted by molar-refractivity contribution is 5.14. The van der Waals surface area contributed by atoms with Gasteiger partial charge in [-0.1, -0.05) is 27.2 Å². The summed E-state index contributed by atoms with van der Waals surface area (Å²) >= 11 is 0. The van der Waals surface area contributed by atoms with E-state index < -0.39 is 0 Å². The van der Waals surface area contributed by atoms with E-state index >= 15 is 0 Å². The van der Waals surface area contributed by atoms with Gasteiger partial charge in [-0.3, -0.25) is 0 Å². The first kappa shape index (κ1) is 11.1. The van der Waals surface area contributed by atoms with Crippen LogP contribution in [0, 0.1) is 35.0 Å². The van der Waals surface area contributed by atoms with E-state index in [9.17, 15) is 5.11 Å². The standard InChI is InChI=1S/C15H26O/c1-9-5-6-10-12(9)13-11(14(13,2)3)7-8-15(10,4)16/h9-13,16H,5-8H2,1-4H3/t9-,10+,11-,12-,13+,15-/m1/s1. The molecule has 0 unspecified atom stereocenters. The predicted molar refractivity (Wildman–Crippen MR) is 66.0 cm³/mol. The van der Waals surface area contributed by atoms with E-state index in [4.69, 9.17) is 0 Å².